The first-order valence-electron chi connectivity index (χ1n) is 8.80. The van der Waals surface area contributed by atoms with Crippen molar-refractivity contribution in [3.63, 3.8) is 0 Å². The maximum absolute atomic E-state index is 12.5. The Hall–Kier alpha value is -3.22. The summed E-state index contributed by atoms with van der Waals surface area (Å²) in [5.74, 6) is -1.41. The summed E-state index contributed by atoms with van der Waals surface area (Å²) >= 11 is 0. The van der Waals surface area contributed by atoms with Crippen LogP contribution in [0.3, 0.4) is 0 Å². The molecule has 7 heteroatoms. The van der Waals surface area contributed by atoms with Crippen molar-refractivity contribution in [1.29, 1.82) is 0 Å². The van der Waals surface area contributed by atoms with E-state index in [1.165, 1.54) is 18.3 Å². The molecule has 27 heavy (non-hydrogen) atoms. The van der Waals surface area contributed by atoms with E-state index in [4.69, 9.17) is 5.11 Å². The molecule has 7 nitrogen and oxygen atoms in total. The molecule has 1 aromatic carbocycles. The third-order valence-electron chi connectivity index (χ3n) is 4.66. The number of piperidine rings is 1. The second-order valence-electron chi connectivity index (χ2n) is 6.64. The molecule has 0 saturated carbocycles. The molecular weight excluding hydrogens is 346 g/mol. The van der Waals surface area contributed by atoms with E-state index >= 15 is 0 Å². The summed E-state index contributed by atoms with van der Waals surface area (Å²) in [5, 5.41) is 11.8. The largest absolute Gasteiger partial charge is 0.477 e. The van der Waals surface area contributed by atoms with E-state index in [-0.39, 0.29) is 23.6 Å². The molecule has 140 valence electrons. The number of nitrogens with one attached hydrogen (secondary N) is 1. The lowest BCUT2D eigenvalue weighted by Gasteiger charge is -2.32. The minimum absolute atomic E-state index is 0.00763. The molecule has 0 radical (unpaired) electrons. The minimum atomic E-state index is -1.13. The fraction of sp³-hybridized carbons (Fsp3) is 0.300. The van der Waals surface area contributed by atoms with Crippen LogP contribution in [0.25, 0.3) is 0 Å². The normalized spacial score (nSPS) is 14.6. The van der Waals surface area contributed by atoms with Crippen LogP contribution in [-0.2, 0) is 0 Å². The van der Waals surface area contributed by atoms with Gasteiger partial charge in [0.2, 0.25) is 0 Å². The molecule has 0 spiro atoms. The Morgan fingerprint density at radius 3 is 2.22 bits per heavy atom. The molecule has 0 atom stereocenters. The van der Waals surface area contributed by atoms with Gasteiger partial charge in [0.1, 0.15) is 5.69 Å². The van der Waals surface area contributed by atoms with Crippen molar-refractivity contribution in [3.05, 3.63) is 65.0 Å². The number of rotatable bonds is 4. The summed E-state index contributed by atoms with van der Waals surface area (Å²) < 4.78 is 0. The number of aryl methyl sites for hydroxylation is 1. The quantitative estimate of drug-likeness (QED) is 0.862. The molecule has 1 aliphatic rings. The van der Waals surface area contributed by atoms with Crippen molar-refractivity contribution < 1.29 is 19.5 Å². The number of hydrogen-bond donors (Lipinski definition) is 2. The number of nitrogens with zero attached hydrogens (tertiary/aromatic N) is 2. The molecule has 2 amide bonds. The van der Waals surface area contributed by atoms with Crippen LogP contribution in [0.15, 0.2) is 42.6 Å². The number of carbonyl (C=O) groups is 3. The standard InChI is InChI=1S/C20H21N3O4/c1-13-2-4-14(5-3-13)19(25)23-10-8-16(9-11-23)22-18(24)15-6-7-17(20(26)27)21-12-15/h2-7,12,16H,8-11H2,1H3,(H,22,24)(H,26,27). The van der Waals surface area contributed by atoms with Gasteiger partial charge in [0, 0.05) is 30.9 Å². The SMILES string of the molecule is Cc1ccc(C(=O)N2CCC(NC(=O)c3ccc(C(=O)O)nc3)CC2)cc1. The van der Waals surface area contributed by atoms with Gasteiger partial charge in [-0.05, 0) is 44.0 Å². The van der Waals surface area contributed by atoms with Crippen LogP contribution in [0.4, 0.5) is 0 Å². The summed E-state index contributed by atoms with van der Waals surface area (Å²) in [6.45, 7) is 3.13. The third kappa shape index (κ3) is 4.49. The van der Waals surface area contributed by atoms with Gasteiger partial charge in [0.05, 0.1) is 5.56 Å². The summed E-state index contributed by atoms with van der Waals surface area (Å²) in [5.41, 5.74) is 2.00. The Labute approximate surface area is 157 Å². The molecule has 1 saturated heterocycles. The highest BCUT2D eigenvalue weighted by Crippen LogP contribution is 2.15. The van der Waals surface area contributed by atoms with Crippen molar-refractivity contribution in [2.24, 2.45) is 0 Å². The van der Waals surface area contributed by atoms with Gasteiger partial charge in [-0.3, -0.25) is 9.59 Å². The van der Waals surface area contributed by atoms with Gasteiger partial charge in [0.15, 0.2) is 0 Å². The van der Waals surface area contributed by atoms with Crippen molar-refractivity contribution in [2.75, 3.05) is 13.1 Å². The summed E-state index contributed by atoms with van der Waals surface area (Å²) in [6, 6.07) is 10.2. The molecule has 3 rings (SSSR count). The lowest BCUT2D eigenvalue weighted by atomic mass is 10.0. The Bertz CT molecular complexity index is 839. The van der Waals surface area contributed by atoms with Gasteiger partial charge in [-0.1, -0.05) is 17.7 Å². The smallest absolute Gasteiger partial charge is 0.354 e. The van der Waals surface area contributed by atoms with E-state index in [2.05, 4.69) is 10.3 Å². The number of carbonyl (C=O) groups excluding carboxylic acids is 2. The summed E-state index contributed by atoms with van der Waals surface area (Å²) in [7, 11) is 0. The predicted octanol–water partition coefficient (Wildman–Crippen LogP) is 2.12. The van der Waals surface area contributed by atoms with Crippen LogP contribution >= 0.6 is 0 Å². The fourth-order valence-electron chi connectivity index (χ4n) is 3.03. The molecule has 2 N–H and O–H groups in total. The average Bonchev–Trinajstić information content (AvgIpc) is 2.68. The number of carboxylic acids is 1. The van der Waals surface area contributed by atoms with Crippen LogP contribution in [0.2, 0.25) is 0 Å². The molecule has 1 aromatic heterocycles. The highest BCUT2D eigenvalue weighted by molar-refractivity contribution is 5.95. The second-order valence-corrected chi connectivity index (χ2v) is 6.64. The highest BCUT2D eigenvalue weighted by Gasteiger charge is 2.25. The number of aromatic carboxylic acids is 1. The molecular formula is C20H21N3O4. The summed E-state index contributed by atoms with van der Waals surface area (Å²) in [4.78, 5) is 41.2. The van der Waals surface area contributed by atoms with Crippen LogP contribution in [0, 0.1) is 6.92 Å². The van der Waals surface area contributed by atoms with Crippen LogP contribution in [0.1, 0.15) is 49.6 Å². The first-order chi connectivity index (χ1) is 12.9. The predicted molar refractivity (Wildman–Crippen MR) is 98.8 cm³/mol. The molecule has 2 aromatic rings. The van der Waals surface area contributed by atoms with E-state index in [1.54, 1.807) is 4.90 Å². The highest BCUT2D eigenvalue weighted by atomic mass is 16.4. The lowest BCUT2D eigenvalue weighted by Crippen LogP contribution is -2.46. The van der Waals surface area contributed by atoms with Crippen molar-refractivity contribution in [2.45, 2.75) is 25.8 Å². The van der Waals surface area contributed by atoms with Crippen molar-refractivity contribution >= 4 is 17.8 Å². The minimum Gasteiger partial charge on any atom is -0.477 e. The third-order valence-corrected chi connectivity index (χ3v) is 4.66. The fourth-order valence-corrected chi connectivity index (χ4v) is 3.03. The van der Waals surface area contributed by atoms with Gasteiger partial charge in [-0.25, -0.2) is 9.78 Å². The van der Waals surface area contributed by atoms with Crippen LogP contribution in [-0.4, -0.2) is 51.9 Å². The maximum Gasteiger partial charge on any atom is 0.354 e. The van der Waals surface area contributed by atoms with E-state index in [1.807, 2.05) is 31.2 Å². The van der Waals surface area contributed by atoms with Gasteiger partial charge in [0.25, 0.3) is 11.8 Å². The van der Waals surface area contributed by atoms with E-state index in [0.29, 0.717) is 37.1 Å². The molecule has 1 aliphatic heterocycles. The van der Waals surface area contributed by atoms with Crippen molar-refractivity contribution in [3.8, 4) is 0 Å². The zero-order chi connectivity index (χ0) is 19.4. The summed E-state index contributed by atoms with van der Waals surface area (Å²) in [6.07, 6.45) is 2.60. The zero-order valence-electron chi connectivity index (χ0n) is 15.0. The molecule has 0 unspecified atom stereocenters. The number of carboxylic acid groups (broad SMARTS) is 1. The number of hydrogen-bond acceptors (Lipinski definition) is 4. The van der Waals surface area contributed by atoms with E-state index in [0.717, 1.165) is 5.56 Å². The van der Waals surface area contributed by atoms with E-state index < -0.39 is 5.97 Å². The lowest BCUT2D eigenvalue weighted by molar-refractivity contribution is 0.0681. The van der Waals surface area contributed by atoms with Crippen LogP contribution in [0.5, 0.6) is 0 Å². The monoisotopic (exact) mass is 367 g/mol. The second kappa shape index (κ2) is 7.99. The zero-order valence-corrected chi connectivity index (χ0v) is 15.0. The Morgan fingerprint density at radius 2 is 1.67 bits per heavy atom. The Balaban J connectivity index is 1.53. The number of amides is 2. The van der Waals surface area contributed by atoms with Gasteiger partial charge in [-0.2, -0.15) is 0 Å². The number of aromatic nitrogens is 1. The topological polar surface area (TPSA) is 99.6 Å². The van der Waals surface area contributed by atoms with Gasteiger partial charge < -0.3 is 15.3 Å². The molecule has 0 bridgehead atoms. The first-order valence-corrected chi connectivity index (χ1v) is 8.80. The molecule has 1 fully saturated rings. The maximum atomic E-state index is 12.5. The Morgan fingerprint density at radius 1 is 1.04 bits per heavy atom. The average molecular weight is 367 g/mol. The van der Waals surface area contributed by atoms with Crippen LogP contribution < -0.4 is 5.32 Å². The first kappa shape index (κ1) is 18.6. The molecule has 0 aliphatic carbocycles. The van der Waals surface area contributed by atoms with E-state index in [9.17, 15) is 14.4 Å². The van der Waals surface area contributed by atoms with Gasteiger partial charge in [-0.15, -0.1) is 0 Å². The molecule has 2 heterocycles. The Kier molecular flexibility index (Phi) is 5.49. The van der Waals surface area contributed by atoms with Crippen molar-refractivity contribution in [1.82, 2.24) is 15.2 Å². The number of pyridine rings is 1. The van der Waals surface area contributed by atoms with Gasteiger partial charge >= 0.3 is 5.97 Å². The number of benzene rings is 1. The number of likely N-dealkylation sites (tertiary alicyclic amines) is 1.